The van der Waals surface area contributed by atoms with Gasteiger partial charge in [0.05, 0.1) is 0 Å². The average Bonchev–Trinajstić information content (AvgIpc) is 2.03. The second-order valence-corrected chi connectivity index (χ2v) is 3.11. The van der Waals surface area contributed by atoms with E-state index in [0.29, 0.717) is 5.69 Å². The maximum absolute atomic E-state index is 10.4. The van der Waals surface area contributed by atoms with Gasteiger partial charge in [-0.1, -0.05) is 19.1 Å². The third kappa shape index (κ3) is 2.64. The lowest BCUT2D eigenvalue weighted by atomic mass is 10.1. The van der Waals surface area contributed by atoms with E-state index < -0.39 is 11.3 Å². The van der Waals surface area contributed by atoms with E-state index in [0.717, 1.165) is 12.0 Å². The first-order chi connectivity index (χ1) is 5.72. The molecule has 1 rings (SSSR count). The molecule has 0 aliphatic carbocycles. The topological polar surface area (TPSA) is 49.3 Å². The maximum Gasteiger partial charge on any atom is 0.259 e. The Bertz CT molecular complexity index is 288. The van der Waals surface area contributed by atoms with Crippen LogP contribution in [0.5, 0.6) is 0 Å². The van der Waals surface area contributed by atoms with E-state index in [4.69, 9.17) is 4.55 Å². The maximum atomic E-state index is 10.4. The Morgan fingerprint density at radius 2 is 2.33 bits per heavy atom. The van der Waals surface area contributed by atoms with Gasteiger partial charge in [-0.15, -0.1) is 0 Å². The number of hydrogen-bond acceptors (Lipinski definition) is 1. The monoisotopic (exact) mass is 185 g/mol. The molecule has 0 saturated heterocycles. The lowest BCUT2D eigenvalue weighted by Gasteiger charge is -2.02. The highest BCUT2D eigenvalue weighted by molar-refractivity contribution is 7.80. The molecule has 4 heteroatoms. The third-order valence-corrected chi connectivity index (χ3v) is 1.95. The summed E-state index contributed by atoms with van der Waals surface area (Å²) in [4.78, 5) is 0. The molecule has 1 atom stereocenters. The van der Waals surface area contributed by atoms with Gasteiger partial charge < -0.3 is 0 Å². The van der Waals surface area contributed by atoms with Crippen molar-refractivity contribution in [2.24, 2.45) is 0 Å². The van der Waals surface area contributed by atoms with Crippen LogP contribution < -0.4 is 4.72 Å². The van der Waals surface area contributed by atoms with E-state index in [1.54, 1.807) is 6.07 Å². The van der Waals surface area contributed by atoms with Gasteiger partial charge in [0, 0.05) is 5.69 Å². The van der Waals surface area contributed by atoms with Crippen LogP contribution in [0.3, 0.4) is 0 Å². The minimum absolute atomic E-state index is 0.676. The van der Waals surface area contributed by atoms with Gasteiger partial charge in [-0.2, -0.15) is 0 Å². The van der Waals surface area contributed by atoms with Crippen LogP contribution in [0.25, 0.3) is 0 Å². The van der Waals surface area contributed by atoms with E-state index >= 15 is 0 Å². The van der Waals surface area contributed by atoms with Crippen LogP contribution in [-0.2, 0) is 17.7 Å². The predicted molar refractivity (Wildman–Crippen MR) is 50.2 cm³/mol. The summed E-state index contributed by atoms with van der Waals surface area (Å²) >= 11 is -1.98. The summed E-state index contributed by atoms with van der Waals surface area (Å²) in [5.41, 5.74) is 1.82. The number of aryl methyl sites for hydroxylation is 1. The second kappa shape index (κ2) is 4.23. The Morgan fingerprint density at radius 1 is 1.58 bits per heavy atom. The van der Waals surface area contributed by atoms with Crippen LogP contribution >= 0.6 is 0 Å². The Hall–Kier alpha value is -0.870. The van der Waals surface area contributed by atoms with Crippen LogP contribution in [0.1, 0.15) is 12.5 Å². The zero-order valence-corrected chi connectivity index (χ0v) is 7.60. The van der Waals surface area contributed by atoms with E-state index in [-0.39, 0.29) is 0 Å². The van der Waals surface area contributed by atoms with Crippen molar-refractivity contribution in [1.82, 2.24) is 0 Å². The highest BCUT2D eigenvalue weighted by Crippen LogP contribution is 2.10. The minimum Gasteiger partial charge on any atom is -0.289 e. The third-order valence-electron chi connectivity index (χ3n) is 1.54. The fraction of sp³-hybridized carbons (Fsp3) is 0.250. The molecule has 0 amide bonds. The molecular weight excluding hydrogens is 174 g/mol. The zero-order chi connectivity index (χ0) is 8.97. The summed E-state index contributed by atoms with van der Waals surface area (Å²) < 4.78 is 21.3. The molecule has 1 aromatic carbocycles. The first-order valence-corrected chi connectivity index (χ1v) is 4.79. The number of benzene rings is 1. The molecule has 12 heavy (non-hydrogen) atoms. The molecule has 0 aromatic heterocycles. The van der Waals surface area contributed by atoms with Crippen molar-refractivity contribution in [3.63, 3.8) is 0 Å². The van der Waals surface area contributed by atoms with Crippen LogP contribution in [0.4, 0.5) is 5.69 Å². The quantitative estimate of drug-likeness (QED) is 0.705. The molecule has 0 aliphatic heterocycles. The molecule has 0 fully saturated rings. The molecular formula is C8H11NO2S. The highest BCUT2D eigenvalue weighted by Gasteiger charge is 1.95. The molecule has 66 valence electrons. The van der Waals surface area contributed by atoms with Gasteiger partial charge in [-0.3, -0.25) is 9.27 Å². The van der Waals surface area contributed by atoms with Gasteiger partial charge in [-0.05, 0) is 24.1 Å². The fourth-order valence-corrected chi connectivity index (χ4v) is 1.28. The smallest absolute Gasteiger partial charge is 0.259 e. The molecule has 0 spiro atoms. The van der Waals surface area contributed by atoms with Crippen LogP contribution in [-0.4, -0.2) is 8.76 Å². The van der Waals surface area contributed by atoms with E-state index in [1.165, 1.54) is 0 Å². The predicted octanol–water partition coefficient (Wildman–Crippen LogP) is 1.80. The van der Waals surface area contributed by atoms with Crippen molar-refractivity contribution in [3.05, 3.63) is 29.8 Å². The first kappa shape index (κ1) is 9.22. The molecule has 0 radical (unpaired) electrons. The molecule has 3 nitrogen and oxygen atoms in total. The summed E-state index contributed by atoms with van der Waals surface area (Å²) in [5.74, 6) is 0. The largest absolute Gasteiger partial charge is 0.289 e. The molecule has 2 N–H and O–H groups in total. The lowest BCUT2D eigenvalue weighted by Crippen LogP contribution is -2.01. The van der Waals surface area contributed by atoms with Crippen LogP contribution in [0, 0.1) is 0 Å². The van der Waals surface area contributed by atoms with Gasteiger partial charge in [0.2, 0.25) is 0 Å². The molecule has 0 aliphatic rings. The molecule has 0 saturated carbocycles. The minimum atomic E-state index is -1.98. The van der Waals surface area contributed by atoms with E-state index in [9.17, 15) is 4.21 Å². The number of anilines is 1. The fourth-order valence-electron chi connectivity index (χ4n) is 0.956. The van der Waals surface area contributed by atoms with Crippen molar-refractivity contribution < 1.29 is 8.76 Å². The lowest BCUT2D eigenvalue weighted by molar-refractivity contribution is 0.570. The number of rotatable bonds is 3. The summed E-state index contributed by atoms with van der Waals surface area (Å²) in [5, 5.41) is 0. The summed E-state index contributed by atoms with van der Waals surface area (Å²) in [6, 6.07) is 7.45. The van der Waals surface area contributed by atoms with Gasteiger partial charge in [0.15, 0.2) is 0 Å². The number of nitrogens with one attached hydrogen (secondary N) is 1. The standard InChI is InChI=1S/C8H11NO2S/c1-2-7-4-3-5-8(6-7)9-12(10)11/h3-6,9H,2H2,1H3,(H,10,11). The average molecular weight is 185 g/mol. The second-order valence-electron chi connectivity index (χ2n) is 2.41. The van der Waals surface area contributed by atoms with Crippen molar-refractivity contribution in [1.29, 1.82) is 0 Å². The number of hydrogen-bond donors (Lipinski definition) is 2. The molecule has 0 heterocycles. The molecule has 1 unspecified atom stereocenters. The summed E-state index contributed by atoms with van der Waals surface area (Å²) in [7, 11) is 0. The van der Waals surface area contributed by atoms with E-state index in [2.05, 4.69) is 4.72 Å². The normalized spacial score (nSPS) is 12.5. The van der Waals surface area contributed by atoms with Crippen molar-refractivity contribution in [2.45, 2.75) is 13.3 Å². The zero-order valence-electron chi connectivity index (χ0n) is 6.78. The van der Waals surface area contributed by atoms with Crippen molar-refractivity contribution >= 4 is 17.0 Å². The Kier molecular flexibility index (Phi) is 3.25. The summed E-state index contributed by atoms with van der Waals surface area (Å²) in [6.45, 7) is 2.04. The van der Waals surface area contributed by atoms with Gasteiger partial charge in [-0.25, -0.2) is 4.21 Å². The van der Waals surface area contributed by atoms with Crippen molar-refractivity contribution in [2.75, 3.05) is 4.72 Å². The SMILES string of the molecule is CCc1cccc(NS(=O)O)c1. The Morgan fingerprint density at radius 3 is 2.92 bits per heavy atom. The van der Waals surface area contributed by atoms with Crippen LogP contribution in [0.15, 0.2) is 24.3 Å². The Labute approximate surface area is 74.2 Å². The van der Waals surface area contributed by atoms with Gasteiger partial charge in [0.1, 0.15) is 0 Å². The van der Waals surface area contributed by atoms with Crippen molar-refractivity contribution in [3.8, 4) is 0 Å². The summed E-state index contributed by atoms with van der Waals surface area (Å²) in [6.07, 6.45) is 0.924. The first-order valence-electron chi connectivity index (χ1n) is 3.69. The highest BCUT2D eigenvalue weighted by atomic mass is 32.2. The van der Waals surface area contributed by atoms with Gasteiger partial charge in [0.25, 0.3) is 11.3 Å². The van der Waals surface area contributed by atoms with Crippen LogP contribution in [0.2, 0.25) is 0 Å². The Balaban J connectivity index is 2.79. The van der Waals surface area contributed by atoms with Gasteiger partial charge >= 0.3 is 0 Å². The molecule has 1 aromatic rings. The van der Waals surface area contributed by atoms with E-state index in [1.807, 2.05) is 25.1 Å². The molecule has 0 bridgehead atoms.